The van der Waals surface area contributed by atoms with Crippen molar-refractivity contribution in [1.82, 2.24) is 10.6 Å². The van der Waals surface area contributed by atoms with E-state index in [2.05, 4.69) is 10.6 Å². The van der Waals surface area contributed by atoms with Crippen LogP contribution in [0.5, 0.6) is 11.5 Å². The molecule has 0 aliphatic carbocycles. The molecule has 1 rings (SSSR count). The predicted octanol–water partition coefficient (Wildman–Crippen LogP) is 2.83. The zero-order valence-corrected chi connectivity index (χ0v) is 13.5. The largest absolute Gasteiger partial charge is 0.493 e. The van der Waals surface area contributed by atoms with Crippen LogP contribution < -0.4 is 20.1 Å². The lowest BCUT2D eigenvalue weighted by Crippen LogP contribution is -2.19. The lowest BCUT2D eigenvalue weighted by atomic mass is 10.2. The van der Waals surface area contributed by atoms with Gasteiger partial charge in [0, 0.05) is 6.54 Å². The Morgan fingerprint density at radius 3 is 2.60 bits per heavy atom. The van der Waals surface area contributed by atoms with Gasteiger partial charge in [-0.05, 0) is 58.1 Å². The lowest BCUT2D eigenvalue weighted by molar-refractivity contribution is 0.230. The average Bonchev–Trinajstić information content (AvgIpc) is 2.40. The van der Waals surface area contributed by atoms with E-state index in [0.717, 1.165) is 31.6 Å². The van der Waals surface area contributed by atoms with Gasteiger partial charge in [-0.2, -0.15) is 0 Å². The van der Waals surface area contributed by atoms with Crippen molar-refractivity contribution < 1.29 is 9.47 Å². The Labute approximate surface area is 126 Å². The number of hydrogen-bond acceptors (Lipinski definition) is 4. The molecule has 4 nitrogen and oxygen atoms in total. The van der Waals surface area contributed by atoms with Crippen LogP contribution in [0.15, 0.2) is 12.1 Å². The SMILES string of the molecule is CNCCCNCc1cc(Cl)c(OC(C)C)c(OC)c1. The molecule has 114 valence electrons. The van der Waals surface area contributed by atoms with Gasteiger partial charge in [-0.3, -0.25) is 0 Å². The van der Waals surface area contributed by atoms with Crippen molar-refractivity contribution in [3.8, 4) is 11.5 Å². The van der Waals surface area contributed by atoms with Gasteiger partial charge in [0.2, 0.25) is 0 Å². The molecule has 0 amide bonds. The number of benzene rings is 1. The number of rotatable bonds is 9. The second-order valence-corrected chi connectivity index (χ2v) is 5.32. The number of methoxy groups -OCH3 is 1. The third-order valence-corrected chi connectivity index (χ3v) is 3.03. The molecule has 0 fully saturated rings. The van der Waals surface area contributed by atoms with Gasteiger partial charge >= 0.3 is 0 Å². The summed E-state index contributed by atoms with van der Waals surface area (Å²) in [4.78, 5) is 0. The first-order valence-electron chi connectivity index (χ1n) is 6.96. The molecule has 0 unspecified atom stereocenters. The van der Waals surface area contributed by atoms with E-state index in [9.17, 15) is 0 Å². The summed E-state index contributed by atoms with van der Waals surface area (Å²) in [7, 11) is 3.58. The fourth-order valence-corrected chi connectivity index (χ4v) is 2.13. The van der Waals surface area contributed by atoms with Gasteiger partial charge in [-0.25, -0.2) is 0 Å². The monoisotopic (exact) mass is 300 g/mol. The molecule has 0 atom stereocenters. The molecule has 0 saturated heterocycles. The Morgan fingerprint density at radius 1 is 1.25 bits per heavy atom. The Bertz CT molecular complexity index is 411. The van der Waals surface area contributed by atoms with Crippen molar-refractivity contribution in [2.45, 2.75) is 32.9 Å². The Kier molecular flexibility index (Phi) is 7.73. The molecule has 2 N–H and O–H groups in total. The van der Waals surface area contributed by atoms with E-state index >= 15 is 0 Å². The maximum Gasteiger partial charge on any atom is 0.180 e. The Morgan fingerprint density at radius 2 is 2.00 bits per heavy atom. The normalized spacial score (nSPS) is 10.9. The summed E-state index contributed by atoms with van der Waals surface area (Å²) in [6.07, 6.45) is 1.16. The van der Waals surface area contributed by atoms with Crippen LogP contribution in [-0.4, -0.2) is 33.4 Å². The highest BCUT2D eigenvalue weighted by molar-refractivity contribution is 6.32. The topological polar surface area (TPSA) is 42.5 Å². The van der Waals surface area contributed by atoms with E-state index in [-0.39, 0.29) is 6.10 Å². The van der Waals surface area contributed by atoms with Crippen molar-refractivity contribution in [3.05, 3.63) is 22.7 Å². The number of halogens is 1. The summed E-state index contributed by atoms with van der Waals surface area (Å²) in [6, 6.07) is 3.89. The third-order valence-electron chi connectivity index (χ3n) is 2.75. The summed E-state index contributed by atoms with van der Waals surface area (Å²) in [5.41, 5.74) is 1.09. The van der Waals surface area contributed by atoms with Gasteiger partial charge in [0.05, 0.1) is 18.2 Å². The summed E-state index contributed by atoms with van der Waals surface area (Å²) >= 11 is 6.28. The van der Waals surface area contributed by atoms with Crippen molar-refractivity contribution in [1.29, 1.82) is 0 Å². The van der Waals surface area contributed by atoms with Crippen molar-refractivity contribution in [3.63, 3.8) is 0 Å². The maximum atomic E-state index is 6.28. The van der Waals surface area contributed by atoms with Crippen LogP contribution in [-0.2, 0) is 6.54 Å². The first-order valence-corrected chi connectivity index (χ1v) is 7.34. The zero-order valence-electron chi connectivity index (χ0n) is 12.8. The fraction of sp³-hybridized carbons (Fsp3) is 0.600. The summed E-state index contributed by atoms with van der Waals surface area (Å²) < 4.78 is 11.1. The second kappa shape index (κ2) is 9.06. The zero-order chi connectivity index (χ0) is 15.0. The fourth-order valence-electron chi connectivity index (χ4n) is 1.85. The third kappa shape index (κ3) is 5.57. The van der Waals surface area contributed by atoms with Crippen LogP contribution in [0.1, 0.15) is 25.8 Å². The van der Waals surface area contributed by atoms with E-state index in [0.29, 0.717) is 16.5 Å². The molecular formula is C15H25ClN2O2. The molecule has 1 aromatic carbocycles. The Balaban J connectivity index is 2.67. The number of nitrogens with one attached hydrogen (secondary N) is 2. The number of hydrogen-bond donors (Lipinski definition) is 2. The quantitative estimate of drug-likeness (QED) is 0.688. The molecule has 0 aromatic heterocycles. The highest BCUT2D eigenvalue weighted by Gasteiger charge is 2.13. The minimum absolute atomic E-state index is 0.0620. The molecule has 1 aromatic rings. The van der Waals surface area contributed by atoms with Crippen LogP contribution >= 0.6 is 11.6 Å². The lowest BCUT2D eigenvalue weighted by Gasteiger charge is -2.16. The van der Waals surface area contributed by atoms with Crippen LogP contribution in [0.4, 0.5) is 0 Å². The first kappa shape index (κ1) is 17.1. The van der Waals surface area contributed by atoms with E-state index in [1.165, 1.54) is 0 Å². The van der Waals surface area contributed by atoms with Gasteiger partial charge in [-0.15, -0.1) is 0 Å². The minimum atomic E-state index is 0.0620. The van der Waals surface area contributed by atoms with E-state index in [1.807, 2.05) is 33.0 Å². The maximum absolute atomic E-state index is 6.28. The Hall–Kier alpha value is -0.970. The van der Waals surface area contributed by atoms with Crippen molar-refractivity contribution in [2.75, 3.05) is 27.2 Å². The molecule has 0 bridgehead atoms. The molecule has 20 heavy (non-hydrogen) atoms. The van der Waals surface area contributed by atoms with Crippen LogP contribution in [0.25, 0.3) is 0 Å². The average molecular weight is 301 g/mol. The van der Waals surface area contributed by atoms with Gasteiger partial charge in [0.1, 0.15) is 0 Å². The van der Waals surface area contributed by atoms with Crippen molar-refractivity contribution >= 4 is 11.6 Å². The molecule has 5 heteroatoms. The standard InChI is InChI=1S/C15H25ClN2O2/c1-11(2)20-15-13(16)8-12(9-14(15)19-4)10-18-7-5-6-17-3/h8-9,11,17-18H,5-7,10H2,1-4H3. The molecule has 0 saturated carbocycles. The predicted molar refractivity (Wildman–Crippen MR) is 84.0 cm³/mol. The first-order chi connectivity index (χ1) is 9.58. The van der Waals surface area contributed by atoms with Crippen molar-refractivity contribution in [2.24, 2.45) is 0 Å². The smallest absolute Gasteiger partial charge is 0.180 e. The molecule has 0 aliphatic heterocycles. The molecule has 0 radical (unpaired) electrons. The highest BCUT2D eigenvalue weighted by atomic mass is 35.5. The molecule has 0 spiro atoms. The summed E-state index contributed by atoms with van der Waals surface area (Å²) in [6.45, 7) is 6.67. The molecule has 0 aliphatic rings. The molecule has 0 heterocycles. The summed E-state index contributed by atoms with van der Waals surface area (Å²) in [5.74, 6) is 1.29. The van der Waals surface area contributed by atoms with Crippen LogP contribution in [0.3, 0.4) is 0 Å². The second-order valence-electron chi connectivity index (χ2n) is 4.91. The van der Waals surface area contributed by atoms with Gasteiger partial charge in [0.15, 0.2) is 11.5 Å². The van der Waals surface area contributed by atoms with Gasteiger partial charge in [-0.1, -0.05) is 11.6 Å². The van der Waals surface area contributed by atoms with E-state index < -0.39 is 0 Å². The van der Waals surface area contributed by atoms with E-state index in [4.69, 9.17) is 21.1 Å². The van der Waals surface area contributed by atoms with Gasteiger partial charge in [0.25, 0.3) is 0 Å². The van der Waals surface area contributed by atoms with E-state index in [1.54, 1.807) is 7.11 Å². The molecular weight excluding hydrogens is 276 g/mol. The minimum Gasteiger partial charge on any atom is -0.493 e. The van der Waals surface area contributed by atoms with Gasteiger partial charge < -0.3 is 20.1 Å². The number of ether oxygens (including phenoxy) is 2. The highest BCUT2D eigenvalue weighted by Crippen LogP contribution is 2.37. The van der Waals surface area contributed by atoms with Crippen LogP contribution in [0, 0.1) is 0 Å². The van der Waals surface area contributed by atoms with Crippen LogP contribution in [0.2, 0.25) is 5.02 Å². The summed E-state index contributed by atoms with van der Waals surface area (Å²) in [5, 5.41) is 7.09.